The number of aromatic nitrogens is 4. The quantitative estimate of drug-likeness (QED) is 0.760. The van der Waals surface area contributed by atoms with Gasteiger partial charge in [0.25, 0.3) is 0 Å². The van der Waals surface area contributed by atoms with Gasteiger partial charge in [-0.1, -0.05) is 12.1 Å². The van der Waals surface area contributed by atoms with Crippen LogP contribution in [-0.4, -0.2) is 25.6 Å². The fourth-order valence-electron chi connectivity index (χ4n) is 2.06. The minimum absolute atomic E-state index is 0.126. The number of urea groups is 1. The van der Waals surface area contributed by atoms with Gasteiger partial charge >= 0.3 is 12.2 Å². The molecule has 128 valence electrons. The van der Waals surface area contributed by atoms with Crippen molar-refractivity contribution in [1.82, 2.24) is 19.5 Å². The van der Waals surface area contributed by atoms with Crippen molar-refractivity contribution in [3.05, 3.63) is 60.9 Å². The average molecular weight is 348 g/mol. The molecule has 2 amide bonds. The second-order valence-corrected chi connectivity index (χ2v) is 4.85. The molecule has 0 bridgehead atoms. The third kappa shape index (κ3) is 3.91. The monoisotopic (exact) mass is 348 g/mol. The molecule has 3 rings (SSSR count). The summed E-state index contributed by atoms with van der Waals surface area (Å²) < 4.78 is 40.4. The molecule has 25 heavy (non-hydrogen) atoms. The summed E-state index contributed by atoms with van der Waals surface area (Å²) in [7, 11) is 0. The van der Waals surface area contributed by atoms with Crippen molar-refractivity contribution in [2.24, 2.45) is 0 Å². The van der Waals surface area contributed by atoms with Crippen LogP contribution in [0.1, 0.15) is 5.56 Å². The lowest BCUT2D eigenvalue weighted by atomic mass is 10.1. The normalized spacial score (nSPS) is 11.2. The third-order valence-electron chi connectivity index (χ3n) is 3.14. The summed E-state index contributed by atoms with van der Waals surface area (Å²) in [5, 5.41) is 4.54. The Morgan fingerprint density at radius 1 is 1.12 bits per heavy atom. The summed E-state index contributed by atoms with van der Waals surface area (Å²) in [5.41, 5.74) is -1.29. The summed E-state index contributed by atoms with van der Waals surface area (Å²) in [6.45, 7) is 0. The van der Waals surface area contributed by atoms with E-state index in [1.807, 2.05) is 0 Å². The average Bonchev–Trinajstić information content (AvgIpc) is 3.09. The number of benzene rings is 1. The Balaban J connectivity index is 1.75. The predicted molar refractivity (Wildman–Crippen MR) is 83.2 cm³/mol. The van der Waals surface area contributed by atoms with E-state index in [0.29, 0.717) is 5.82 Å². The first kappa shape index (κ1) is 16.4. The van der Waals surface area contributed by atoms with Crippen molar-refractivity contribution < 1.29 is 18.0 Å². The number of hydrogen-bond acceptors (Lipinski definition) is 4. The molecular weight excluding hydrogens is 337 g/mol. The van der Waals surface area contributed by atoms with Crippen molar-refractivity contribution in [3.63, 3.8) is 0 Å². The number of anilines is 2. The van der Waals surface area contributed by atoms with Gasteiger partial charge in [-0.2, -0.15) is 13.2 Å². The number of carbonyl (C=O) groups is 1. The first-order chi connectivity index (χ1) is 11.9. The number of halogens is 3. The standard InChI is InChI=1S/C15H11F3N6O/c16-15(17,18)10-3-1-2-4-11(10)22-14(25)23-12-7-13(21-8-20-12)24-6-5-19-9-24/h1-9H,(H2,20,21,22,23,25). The van der Waals surface area contributed by atoms with Crippen molar-refractivity contribution in [2.75, 3.05) is 10.6 Å². The number of carbonyl (C=O) groups excluding carboxylic acids is 1. The van der Waals surface area contributed by atoms with Gasteiger partial charge in [-0.3, -0.25) is 9.88 Å². The molecule has 10 heteroatoms. The maximum atomic E-state index is 12.9. The zero-order chi connectivity index (χ0) is 17.9. The van der Waals surface area contributed by atoms with Gasteiger partial charge in [-0.15, -0.1) is 0 Å². The van der Waals surface area contributed by atoms with Gasteiger partial charge in [0.15, 0.2) is 0 Å². The summed E-state index contributed by atoms with van der Waals surface area (Å²) in [6.07, 6.45) is 1.34. The SMILES string of the molecule is O=C(Nc1cc(-n2ccnc2)ncn1)Nc1ccccc1C(F)(F)F. The van der Waals surface area contributed by atoms with Crippen LogP contribution in [0.4, 0.5) is 29.5 Å². The lowest BCUT2D eigenvalue weighted by molar-refractivity contribution is -0.136. The number of rotatable bonds is 3. The van der Waals surface area contributed by atoms with E-state index in [9.17, 15) is 18.0 Å². The molecule has 7 nitrogen and oxygen atoms in total. The lowest BCUT2D eigenvalue weighted by Crippen LogP contribution is -2.22. The van der Waals surface area contributed by atoms with E-state index >= 15 is 0 Å². The molecule has 2 N–H and O–H groups in total. The van der Waals surface area contributed by atoms with Crippen LogP contribution in [0.5, 0.6) is 0 Å². The fraction of sp³-hybridized carbons (Fsp3) is 0.0667. The molecule has 0 radical (unpaired) electrons. The first-order valence-corrected chi connectivity index (χ1v) is 6.98. The second-order valence-electron chi connectivity index (χ2n) is 4.85. The summed E-state index contributed by atoms with van der Waals surface area (Å²) in [5.74, 6) is 0.569. The Bertz CT molecular complexity index is 879. The third-order valence-corrected chi connectivity index (χ3v) is 3.14. The largest absolute Gasteiger partial charge is 0.418 e. The molecular formula is C15H11F3N6O. The summed E-state index contributed by atoms with van der Waals surface area (Å²) in [4.78, 5) is 23.7. The van der Waals surface area contributed by atoms with Gasteiger partial charge in [0, 0.05) is 18.5 Å². The van der Waals surface area contributed by atoms with E-state index in [2.05, 4.69) is 25.6 Å². The van der Waals surface area contributed by atoms with Gasteiger partial charge in [-0.05, 0) is 12.1 Å². The van der Waals surface area contributed by atoms with Crippen molar-refractivity contribution in [2.45, 2.75) is 6.18 Å². The number of hydrogen-bond donors (Lipinski definition) is 2. The molecule has 0 aliphatic heterocycles. The minimum atomic E-state index is -4.58. The highest BCUT2D eigenvalue weighted by Crippen LogP contribution is 2.34. The highest BCUT2D eigenvalue weighted by atomic mass is 19.4. The molecule has 0 atom stereocenters. The number of imidazole rings is 1. The fourth-order valence-corrected chi connectivity index (χ4v) is 2.06. The Hall–Kier alpha value is -3.43. The van der Waals surface area contributed by atoms with E-state index in [0.717, 1.165) is 6.07 Å². The Morgan fingerprint density at radius 3 is 2.64 bits per heavy atom. The first-order valence-electron chi connectivity index (χ1n) is 6.98. The van der Waals surface area contributed by atoms with Crippen LogP contribution in [0.15, 0.2) is 55.4 Å². The van der Waals surface area contributed by atoms with Crippen LogP contribution in [0.2, 0.25) is 0 Å². The van der Waals surface area contributed by atoms with E-state index < -0.39 is 17.8 Å². The van der Waals surface area contributed by atoms with Gasteiger partial charge in [0.05, 0.1) is 11.3 Å². The number of nitrogens with one attached hydrogen (secondary N) is 2. The number of amides is 2. The molecule has 0 aliphatic rings. The molecule has 0 aliphatic carbocycles. The minimum Gasteiger partial charge on any atom is -0.307 e. The maximum absolute atomic E-state index is 12.9. The summed E-state index contributed by atoms with van der Waals surface area (Å²) in [6, 6.07) is 5.29. The molecule has 2 heterocycles. The van der Waals surface area contributed by atoms with Crippen LogP contribution in [0.25, 0.3) is 5.82 Å². The number of nitrogens with zero attached hydrogens (tertiary/aromatic N) is 4. The van der Waals surface area contributed by atoms with Crippen molar-refractivity contribution in [1.29, 1.82) is 0 Å². The molecule has 0 spiro atoms. The molecule has 0 unspecified atom stereocenters. The Labute approximate surface area is 139 Å². The Kier molecular flexibility index (Phi) is 4.33. The van der Waals surface area contributed by atoms with Crippen LogP contribution in [-0.2, 0) is 6.18 Å². The molecule has 2 aromatic heterocycles. The molecule has 0 saturated heterocycles. The van der Waals surface area contributed by atoms with Gasteiger partial charge in [0.1, 0.15) is 24.3 Å². The van der Waals surface area contributed by atoms with Gasteiger partial charge < -0.3 is 5.32 Å². The van der Waals surface area contributed by atoms with Crippen LogP contribution in [0, 0.1) is 0 Å². The van der Waals surface area contributed by atoms with Crippen molar-refractivity contribution >= 4 is 17.5 Å². The van der Waals surface area contributed by atoms with Crippen LogP contribution in [0.3, 0.4) is 0 Å². The topological polar surface area (TPSA) is 84.7 Å². The lowest BCUT2D eigenvalue weighted by Gasteiger charge is -2.14. The van der Waals surface area contributed by atoms with E-state index in [1.54, 1.807) is 17.0 Å². The summed E-state index contributed by atoms with van der Waals surface area (Å²) >= 11 is 0. The number of para-hydroxylation sites is 1. The zero-order valence-corrected chi connectivity index (χ0v) is 12.5. The second kappa shape index (κ2) is 6.59. The maximum Gasteiger partial charge on any atom is 0.418 e. The van der Waals surface area contributed by atoms with E-state index in [-0.39, 0.29) is 11.5 Å². The number of alkyl halides is 3. The zero-order valence-electron chi connectivity index (χ0n) is 12.5. The smallest absolute Gasteiger partial charge is 0.307 e. The van der Waals surface area contributed by atoms with Gasteiger partial charge in [0.2, 0.25) is 0 Å². The van der Waals surface area contributed by atoms with Gasteiger partial charge in [-0.25, -0.2) is 19.7 Å². The molecule has 1 aromatic carbocycles. The highest BCUT2D eigenvalue weighted by molar-refractivity contribution is 5.99. The molecule has 3 aromatic rings. The van der Waals surface area contributed by atoms with E-state index in [1.165, 1.54) is 36.9 Å². The highest BCUT2D eigenvalue weighted by Gasteiger charge is 2.33. The Morgan fingerprint density at radius 2 is 1.92 bits per heavy atom. The molecule has 0 saturated carbocycles. The van der Waals surface area contributed by atoms with E-state index in [4.69, 9.17) is 0 Å². The van der Waals surface area contributed by atoms with Crippen molar-refractivity contribution in [3.8, 4) is 5.82 Å². The van der Waals surface area contributed by atoms with Crippen LogP contribution < -0.4 is 10.6 Å². The predicted octanol–water partition coefficient (Wildman–Crippen LogP) is 3.33. The van der Waals surface area contributed by atoms with Crippen LogP contribution >= 0.6 is 0 Å². The molecule has 0 fully saturated rings.